The molecule has 4 rings (SSSR count). The van der Waals surface area contributed by atoms with E-state index in [1.165, 1.54) is 35.6 Å². The van der Waals surface area contributed by atoms with E-state index in [-0.39, 0.29) is 11.5 Å². The zero-order valence-electron chi connectivity index (χ0n) is 15.0. The first-order chi connectivity index (χ1) is 14.0. The van der Waals surface area contributed by atoms with Gasteiger partial charge in [-0.15, -0.1) is 11.3 Å². The van der Waals surface area contributed by atoms with Crippen LogP contribution in [0, 0.1) is 11.6 Å². The summed E-state index contributed by atoms with van der Waals surface area (Å²) < 4.78 is 27.5. The van der Waals surface area contributed by atoms with Crippen molar-refractivity contribution in [2.75, 3.05) is 5.32 Å². The van der Waals surface area contributed by atoms with Crippen molar-refractivity contribution >= 4 is 46.0 Å². The third-order valence-corrected chi connectivity index (χ3v) is 5.33. The van der Waals surface area contributed by atoms with Crippen LogP contribution >= 0.6 is 11.3 Å². The van der Waals surface area contributed by atoms with Crippen LogP contribution in [0.4, 0.5) is 14.5 Å². The molecule has 2 heterocycles. The molecule has 0 aliphatic carbocycles. The summed E-state index contributed by atoms with van der Waals surface area (Å²) in [5.41, 5.74) is 7.80. The van der Waals surface area contributed by atoms with Gasteiger partial charge < -0.3 is 11.1 Å². The summed E-state index contributed by atoms with van der Waals surface area (Å²) >= 11 is 1.36. The number of hydrogen-bond acceptors (Lipinski definition) is 4. The Kier molecular flexibility index (Phi) is 5.20. The number of nitrogens with two attached hydrogens (primary N) is 1. The molecular weight excluding hydrogens is 394 g/mol. The molecule has 0 aliphatic heterocycles. The smallest absolute Gasteiger partial charge is 0.246 e. The number of nitrogens with zero attached hydrogens (tertiary/aromatic N) is 1. The van der Waals surface area contributed by atoms with E-state index < -0.39 is 17.8 Å². The van der Waals surface area contributed by atoms with Crippen molar-refractivity contribution < 1.29 is 13.6 Å². The molecule has 0 radical (unpaired) electrons. The first-order valence-electron chi connectivity index (χ1n) is 8.72. The Bertz CT molecular complexity index is 1180. The van der Waals surface area contributed by atoms with Crippen molar-refractivity contribution in [3.05, 3.63) is 81.7 Å². The van der Waals surface area contributed by atoms with Gasteiger partial charge in [-0.25, -0.2) is 8.78 Å². The van der Waals surface area contributed by atoms with E-state index in [1.54, 1.807) is 36.4 Å². The molecule has 8 heteroatoms. The number of amides is 1. The summed E-state index contributed by atoms with van der Waals surface area (Å²) in [5.74, 6) is -1.41. The standard InChI is InChI=1S/C21H16F2N4OS/c22-13-6-3-12(4-7-13)5-8-16-14-10-18(15(23)11-17(14)27-26-16)25-21(28)20(24)19-2-1-9-29-19/h1-11,20H,24H2,(H,25,28)(H,26,27)/t20-/m0/s1. The van der Waals surface area contributed by atoms with Gasteiger partial charge in [0, 0.05) is 16.3 Å². The fraction of sp³-hybridized carbons (Fsp3) is 0.0476. The minimum atomic E-state index is -0.882. The van der Waals surface area contributed by atoms with Crippen LogP contribution in [0.3, 0.4) is 0 Å². The Morgan fingerprint density at radius 1 is 1.17 bits per heavy atom. The third-order valence-electron chi connectivity index (χ3n) is 4.37. The maximum absolute atomic E-state index is 14.4. The van der Waals surface area contributed by atoms with E-state index in [1.807, 2.05) is 5.38 Å². The SMILES string of the molecule is N[C@H](C(=O)Nc1cc2c(C=Cc3ccc(F)cc3)n[nH]c2cc1F)c1cccs1. The average molecular weight is 410 g/mol. The molecule has 0 saturated heterocycles. The summed E-state index contributed by atoms with van der Waals surface area (Å²) in [4.78, 5) is 13.1. The number of carbonyl (C=O) groups excluding carboxylic acids is 1. The van der Waals surface area contributed by atoms with E-state index in [0.717, 1.165) is 5.56 Å². The monoisotopic (exact) mass is 410 g/mol. The maximum atomic E-state index is 14.4. The van der Waals surface area contributed by atoms with Crippen LogP contribution in [0.5, 0.6) is 0 Å². The quantitative estimate of drug-likeness (QED) is 0.445. The van der Waals surface area contributed by atoms with E-state index in [4.69, 9.17) is 5.73 Å². The van der Waals surface area contributed by atoms with Crippen LogP contribution < -0.4 is 11.1 Å². The molecule has 0 spiro atoms. The molecule has 0 saturated carbocycles. The van der Waals surface area contributed by atoms with Crippen molar-refractivity contribution in [2.24, 2.45) is 5.73 Å². The molecule has 0 fully saturated rings. The minimum Gasteiger partial charge on any atom is -0.322 e. The number of halogens is 2. The molecule has 4 aromatic rings. The lowest BCUT2D eigenvalue weighted by molar-refractivity contribution is -0.117. The number of hydrogen-bond donors (Lipinski definition) is 3. The Hall–Kier alpha value is -3.36. The predicted molar refractivity (Wildman–Crippen MR) is 111 cm³/mol. The van der Waals surface area contributed by atoms with E-state index in [0.29, 0.717) is 21.5 Å². The maximum Gasteiger partial charge on any atom is 0.246 e. The highest BCUT2D eigenvalue weighted by Gasteiger charge is 2.19. The Balaban J connectivity index is 1.60. The van der Waals surface area contributed by atoms with Gasteiger partial charge in [0.15, 0.2) is 0 Å². The highest BCUT2D eigenvalue weighted by Crippen LogP contribution is 2.26. The fourth-order valence-electron chi connectivity index (χ4n) is 2.84. The molecular formula is C21H16F2N4OS. The second kappa shape index (κ2) is 7.94. The Labute approximate surface area is 168 Å². The zero-order chi connectivity index (χ0) is 20.4. The van der Waals surface area contributed by atoms with Crippen molar-refractivity contribution in [3.8, 4) is 0 Å². The molecule has 1 amide bonds. The van der Waals surface area contributed by atoms with E-state index >= 15 is 0 Å². The first kappa shape index (κ1) is 19.0. The summed E-state index contributed by atoms with van der Waals surface area (Å²) in [6, 6.07) is 11.4. The molecule has 146 valence electrons. The van der Waals surface area contributed by atoms with E-state index in [9.17, 15) is 13.6 Å². The third kappa shape index (κ3) is 4.08. The highest BCUT2D eigenvalue weighted by atomic mass is 32.1. The minimum absolute atomic E-state index is 0.0207. The molecule has 0 bridgehead atoms. The number of aromatic nitrogens is 2. The lowest BCUT2D eigenvalue weighted by atomic mass is 10.1. The van der Waals surface area contributed by atoms with Crippen molar-refractivity contribution in [1.29, 1.82) is 0 Å². The van der Waals surface area contributed by atoms with Gasteiger partial charge in [0.25, 0.3) is 0 Å². The number of fused-ring (bicyclic) bond motifs is 1. The van der Waals surface area contributed by atoms with Crippen LogP contribution in [0.1, 0.15) is 22.2 Å². The number of thiophene rings is 1. The summed E-state index contributed by atoms with van der Waals surface area (Å²) in [6.45, 7) is 0. The molecule has 2 aromatic heterocycles. The van der Waals surface area contributed by atoms with Gasteiger partial charge in [-0.2, -0.15) is 5.10 Å². The van der Waals surface area contributed by atoms with Gasteiger partial charge in [0.2, 0.25) is 5.91 Å². The molecule has 29 heavy (non-hydrogen) atoms. The van der Waals surface area contributed by atoms with Gasteiger partial charge >= 0.3 is 0 Å². The zero-order valence-corrected chi connectivity index (χ0v) is 15.8. The topological polar surface area (TPSA) is 83.8 Å². The second-order valence-corrected chi connectivity index (χ2v) is 7.33. The summed E-state index contributed by atoms with van der Waals surface area (Å²) in [7, 11) is 0. The number of benzene rings is 2. The van der Waals surface area contributed by atoms with Crippen LogP contribution in [0.2, 0.25) is 0 Å². The molecule has 4 N–H and O–H groups in total. The molecule has 0 aliphatic rings. The Morgan fingerprint density at radius 3 is 2.69 bits per heavy atom. The number of H-pyrrole nitrogens is 1. The normalized spacial score (nSPS) is 12.5. The van der Waals surface area contributed by atoms with Crippen LogP contribution in [0.25, 0.3) is 23.1 Å². The number of rotatable bonds is 5. The van der Waals surface area contributed by atoms with E-state index in [2.05, 4.69) is 15.5 Å². The van der Waals surface area contributed by atoms with Crippen LogP contribution in [-0.2, 0) is 4.79 Å². The van der Waals surface area contributed by atoms with Crippen LogP contribution in [0.15, 0.2) is 53.9 Å². The van der Waals surface area contributed by atoms with Crippen molar-refractivity contribution in [3.63, 3.8) is 0 Å². The number of aromatic amines is 1. The lowest BCUT2D eigenvalue weighted by Crippen LogP contribution is -2.27. The summed E-state index contributed by atoms with van der Waals surface area (Å²) in [6.07, 6.45) is 3.50. The lowest BCUT2D eigenvalue weighted by Gasteiger charge is -2.11. The van der Waals surface area contributed by atoms with Gasteiger partial charge in [0.1, 0.15) is 17.7 Å². The molecule has 1 atom stereocenters. The van der Waals surface area contributed by atoms with Crippen LogP contribution in [-0.4, -0.2) is 16.1 Å². The van der Waals surface area contributed by atoms with Gasteiger partial charge in [-0.3, -0.25) is 9.89 Å². The van der Waals surface area contributed by atoms with Crippen molar-refractivity contribution in [2.45, 2.75) is 6.04 Å². The number of carbonyl (C=O) groups is 1. The van der Waals surface area contributed by atoms with Gasteiger partial charge in [-0.05, 0) is 41.3 Å². The second-order valence-electron chi connectivity index (χ2n) is 6.35. The number of nitrogens with one attached hydrogen (secondary N) is 2. The first-order valence-corrected chi connectivity index (χ1v) is 9.60. The molecule has 0 unspecified atom stereocenters. The van der Waals surface area contributed by atoms with Crippen molar-refractivity contribution in [1.82, 2.24) is 10.2 Å². The fourth-order valence-corrected chi connectivity index (χ4v) is 3.56. The molecule has 5 nitrogen and oxygen atoms in total. The van der Waals surface area contributed by atoms with Gasteiger partial charge in [-0.1, -0.05) is 24.3 Å². The predicted octanol–water partition coefficient (Wildman–Crippen LogP) is 4.71. The number of anilines is 1. The average Bonchev–Trinajstić information content (AvgIpc) is 3.37. The van der Waals surface area contributed by atoms with Gasteiger partial charge in [0.05, 0.1) is 16.9 Å². The Morgan fingerprint density at radius 2 is 1.97 bits per heavy atom. The largest absolute Gasteiger partial charge is 0.322 e. The summed E-state index contributed by atoms with van der Waals surface area (Å²) in [5, 5.41) is 11.9. The highest BCUT2D eigenvalue weighted by molar-refractivity contribution is 7.10. The molecule has 2 aromatic carbocycles.